The fraction of sp³-hybridized carbons (Fsp3) is 1.00. The highest BCUT2D eigenvalue weighted by Gasteiger charge is 2.30. The summed E-state index contributed by atoms with van der Waals surface area (Å²) in [4.78, 5) is 10.2. The van der Waals surface area contributed by atoms with Gasteiger partial charge in [0.1, 0.15) is 6.17 Å². The molecule has 3 atom stereocenters. The van der Waals surface area contributed by atoms with Gasteiger partial charge in [0.05, 0.1) is 0 Å². The van der Waals surface area contributed by atoms with Gasteiger partial charge in [-0.2, -0.15) is 0 Å². The Labute approximate surface area is 101 Å². The molecule has 1 aliphatic carbocycles. The third kappa shape index (κ3) is 5.41. The van der Waals surface area contributed by atoms with E-state index in [9.17, 15) is 18.9 Å². The van der Waals surface area contributed by atoms with Gasteiger partial charge in [-0.3, -0.25) is 10.1 Å². The van der Waals surface area contributed by atoms with Gasteiger partial charge in [0, 0.05) is 11.3 Å². The molecule has 1 aliphatic rings. The first-order valence-electron chi connectivity index (χ1n) is 6.53. The molecule has 0 aliphatic heterocycles. The maximum absolute atomic E-state index is 13.6. The van der Waals surface area contributed by atoms with Crippen molar-refractivity contribution in [1.82, 2.24) is 0 Å². The number of rotatable bonds is 1. The van der Waals surface area contributed by atoms with Crippen LogP contribution in [0.15, 0.2) is 0 Å². The molecule has 1 saturated carbocycles. The standard InChI is InChI=1S/C12H21F2NO2/c13-10-6-3-1-2-4-9-12(15(16)17)11(14)8-5-7-10/h10-12H,1-9H2. The Hall–Kier alpha value is -0.740. The lowest BCUT2D eigenvalue weighted by Crippen LogP contribution is -2.31. The molecule has 0 amide bonds. The average Bonchev–Trinajstić information content (AvgIpc) is 2.25. The summed E-state index contributed by atoms with van der Waals surface area (Å²) in [5.41, 5.74) is 0. The molecular formula is C12H21F2NO2. The molecule has 5 heteroatoms. The first-order chi connectivity index (χ1) is 8.11. The molecule has 1 fully saturated rings. The second kappa shape index (κ2) is 7.56. The van der Waals surface area contributed by atoms with Crippen LogP contribution in [0.25, 0.3) is 0 Å². The van der Waals surface area contributed by atoms with Crippen molar-refractivity contribution in [1.29, 1.82) is 0 Å². The zero-order chi connectivity index (χ0) is 12.7. The van der Waals surface area contributed by atoms with Crippen LogP contribution in [-0.2, 0) is 0 Å². The van der Waals surface area contributed by atoms with E-state index in [1.165, 1.54) is 0 Å². The molecule has 0 aromatic heterocycles. The minimum atomic E-state index is -1.42. The minimum Gasteiger partial charge on any atom is -0.264 e. The van der Waals surface area contributed by atoms with Crippen LogP contribution < -0.4 is 0 Å². The maximum Gasteiger partial charge on any atom is 0.243 e. The normalized spacial score (nSPS) is 33.4. The topological polar surface area (TPSA) is 43.1 Å². The van der Waals surface area contributed by atoms with Gasteiger partial charge in [0.25, 0.3) is 0 Å². The van der Waals surface area contributed by atoms with Crippen LogP contribution in [0.5, 0.6) is 0 Å². The molecule has 0 saturated heterocycles. The summed E-state index contributed by atoms with van der Waals surface area (Å²) in [5.74, 6) is 0. The van der Waals surface area contributed by atoms with Gasteiger partial charge in [-0.25, -0.2) is 8.78 Å². The molecule has 0 bridgehead atoms. The van der Waals surface area contributed by atoms with Crippen molar-refractivity contribution in [3.63, 3.8) is 0 Å². The first kappa shape index (κ1) is 14.3. The van der Waals surface area contributed by atoms with Gasteiger partial charge in [-0.15, -0.1) is 0 Å². The number of nitro groups is 1. The fourth-order valence-corrected chi connectivity index (χ4v) is 2.36. The Morgan fingerprint density at radius 2 is 1.47 bits per heavy atom. The maximum atomic E-state index is 13.6. The molecule has 3 nitrogen and oxygen atoms in total. The van der Waals surface area contributed by atoms with E-state index in [0.29, 0.717) is 32.1 Å². The van der Waals surface area contributed by atoms with Crippen LogP contribution in [0.3, 0.4) is 0 Å². The van der Waals surface area contributed by atoms with Crippen LogP contribution in [0.4, 0.5) is 8.78 Å². The number of halogens is 2. The SMILES string of the molecule is O=[N+]([O-])C1CCCCCCC(F)CCCC1F. The Morgan fingerprint density at radius 3 is 2.12 bits per heavy atom. The quantitative estimate of drug-likeness (QED) is 0.523. The monoisotopic (exact) mass is 249 g/mol. The van der Waals surface area contributed by atoms with E-state index < -0.39 is 23.3 Å². The van der Waals surface area contributed by atoms with Gasteiger partial charge in [0.15, 0.2) is 6.17 Å². The Kier molecular flexibility index (Phi) is 6.37. The number of nitrogens with zero attached hydrogens (tertiary/aromatic N) is 1. The highest BCUT2D eigenvalue weighted by Crippen LogP contribution is 2.22. The van der Waals surface area contributed by atoms with E-state index in [1.54, 1.807) is 0 Å². The molecule has 17 heavy (non-hydrogen) atoms. The van der Waals surface area contributed by atoms with E-state index >= 15 is 0 Å². The summed E-state index contributed by atoms with van der Waals surface area (Å²) in [6.45, 7) is 0. The molecule has 1 rings (SSSR count). The van der Waals surface area contributed by atoms with Gasteiger partial charge in [-0.1, -0.05) is 19.3 Å². The lowest BCUT2D eigenvalue weighted by Gasteiger charge is -2.16. The predicted molar refractivity (Wildman–Crippen MR) is 62.1 cm³/mol. The second-order valence-corrected chi connectivity index (χ2v) is 4.89. The Balaban J connectivity index is 2.49. The van der Waals surface area contributed by atoms with Gasteiger partial charge < -0.3 is 0 Å². The highest BCUT2D eigenvalue weighted by molar-refractivity contribution is 4.71. The van der Waals surface area contributed by atoms with Crippen LogP contribution >= 0.6 is 0 Å². The Bertz CT molecular complexity index is 239. The molecule has 0 aromatic carbocycles. The third-order valence-corrected chi connectivity index (χ3v) is 3.45. The zero-order valence-corrected chi connectivity index (χ0v) is 10.1. The van der Waals surface area contributed by atoms with Gasteiger partial charge in [-0.05, 0) is 32.1 Å². The summed E-state index contributed by atoms with van der Waals surface area (Å²) in [5, 5.41) is 10.7. The van der Waals surface area contributed by atoms with Crippen LogP contribution in [-0.4, -0.2) is 23.3 Å². The molecule has 0 radical (unpaired) electrons. The van der Waals surface area contributed by atoms with Crippen molar-refractivity contribution in [3.8, 4) is 0 Å². The number of alkyl halides is 2. The molecular weight excluding hydrogens is 228 g/mol. The second-order valence-electron chi connectivity index (χ2n) is 4.89. The summed E-state index contributed by atoms with van der Waals surface area (Å²) in [6.07, 6.45) is 2.68. The average molecular weight is 249 g/mol. The summed E-state index contributed by atoms with van der Waals surface area (Å²) in [7, 11) is 0. The first-order valence-corrected chi connectivity index (χ1v) is 6.53. The number of hydrogen-bond acceptors (Lipinski definition) is 2. The smallest absolute Gasteiger partial charge is 0.243 e. The Morgan fingerprint density at radius 1 is 0.882 bits per heavy atom. The van der Waals surface area contributed by atoms with Gasteiger partial charge in [0.2, 0.25) is 6.04 Å². The molecule has 100 valence electrons. The van der Waals surface area contributed by atoms with Crippen molar-refractivity contribution in [3.05, 3.63) is 10.1 Å². The zero-order valence-electron chi connectivity index (χ0n) is 10.1. The van der Waals surface area contributed by atoms with Gasteiger partial charge >= 0.3 is 0 Å². The van der Waals surface area contributed by atoms with Crippen LogP contribution in [0.2, 0.25) is 0 Å². The summed E-state index contributed by atoms with van der Waals surface area (Å²) < 4.78 is 26.9. The number of hydrogen-bond donors (Lipinski definition) is 0. The van der Waals surface area contributed by atoms with E-state index in [4.69, 9.17) is 0 Å². The van der Waals surface area contributed by atoms with E-state index in [0.717, 1.165) is 19.3 Å². The highest BCUT2D eigenvalue weighted by atomic mass is 19.1. The van der Waals surface area contributed by atoms with Crippen molar-refractivity contribution in [2.45, 2.75) is 76.2 Å². The lowest BCUT2D eigenvalue weighted by molar-refractivity contribution is -0.532. The molecule has 0 N–H and O–H groups in total. The predicted octanol–water partition coefficient (Wildman–Crippen LogP) is 3.83. The van der Waals surface area contributed by atoms with Crippen LogP contribution in [0.1, 0.15) is 57.8 Å². The van der Waals surface area contributed by atoms with E-state index in [2.05, 4.69) is 0 Å². The summed E-state index contributed by atoms with van der Waals surface area (Å²) in [6, 6.07) is -1.09. The van der Waals surface area contributed by atoms with Crippen LogP contribution in [0, 0.1) is 10.1 Å². The summed E-state index contributed by atoms with van der Waals surface area (Å²) >= 11 is 0. The molecule has 0 heterocycles. The minimum absolute atomic E-state index is 0.117. The molecule has 3 unspecified atom stereocenters. The van der Waals surface area contributed by atoms with Crippen molar-refractivity contribution < 1.29 is 13.7 Å². The van der Waals surface area contributed by atoms with E-state index in [1.807, 2.05) is 0 Å². The molecule has 0 spiro atoms. The van der Waals surface area contributed by atoms with Crippen molar-refractivity contribution >= 4 is 0 Å². The fourth-order valence-electron chi connectivity index (χ4n) is 2.36. The third-order valence-electron chi connectivity index (χ3n) is 3.45. The van der Waals surface area contributed by atoms with Crippen molar-refractivity contribution in [2.24, 2.45) is 0 Å². The molecule has 0 aromatic rings. The van der Waals surface area contributed by atoms with E-state index in [-0.39, 0.29) is 6.42 Å². The lowest BCUT2D eigenvalue weighted by atomic mass is 9.96. The largest absolute Gasteiger partial charge is 0.264 e. The van der Waals surface area contributed by atoms with Crippen molar-refractivity contribution in [2.75, 3.05) is 0 Å².